The molecule has 1 aromatic carbocycles. The summed E-state index contributed by atoms with van der Waals surface area (Å²) < 4.78 is 27.2. The van der Waals surface area contributed by atoms with Gasteiger partial charge >= 0.3 is 0 Å². The van der Waals surface area contributed by atoms with E-state index in [1.807, 2.05) is 0 Å². The third-order valence-electron chi connectivity index (χ3n) is 3.06. The minimum absolute atomic E-state index is 0.00625. The summed E-state index contributed by atoms with van der Waals surface area (Å²) in [6.45, 7) is 1.74. The number of alkyl halides is 2. The molecule has 0 radical (unpaired) electrons. The Balaban J connectivity index is 2.92. The Morgan fingerprint density at radius 1 is 1.52 bits per heavy atom. The number of nitrogens with one attached hydrogen (secondary N) is 1. The predicted molar refractivity (Wildman–Crippen MR) is 77.6 cm³/mol. The monoisotopic (exact) mass is 292 g/mol. The molecule has 0 aliphatic carbocycles. The number of hydrogen-bond acceptors (Lipinski definition) is 4. The molecule has 5 nitrogen and oxygen atoms in total. The number of aromatic nitrogens is 2. The van der Waals surface area contributed by atoms with Gasteiger partial charge in [0, 0.05) is 18.2 Å². The van der Waals surface area contributed by atoms with Crippen molar-refractivity contribution in [3.63, 3.8) is 0 Å². The first-order chi connectivity index (χ1) is 10.0. The van der Waals surface area contributed by atoms with Gasteiger partial charge in [-0.25, -0.2) is 18.3 Å². The van der Waals surface area contributed by atoms with Crippen LogP contribution in [-0.4, -0.2) is 15.8 Å². The van der Waals surface area contributed by atoms with Crippen LogP contribution in [0.3, 0.4) is 0 Å². The van der Waals surface area contributed by atoms with Crippen molar-refractivity contribution >= 4 is 22.9 Å². The molecule has 3 N–H and O–H groups in total. The van der Waals surface area contributed by atoms with Crippen LogP contribution in [0.15, 0.2) is 29.1 Å². The molecule has 0 saturated heterocycles. The summed E-state index contributed by atoms with van der Waals surface area (Å²) in [5, 5.41) is 7.09. The third kappa shape index (κ3) is 2.54. The quantitative estimate of drug-likeness (QED) is 0.848. The number of allylic oxidation sites excluding steroid dienone is 1. The lowest BCUT2D eigenvalue weighted by Gasteiger charge is -2.13. The Morgan fingerprint density at radius 3 is 2.81 bits per heavy atom. The summed E-state index contributed by atoms with van der Waals surface area (Å²) in [6.07, 6.45) is -0.183. The number of rotatable bonds is 4. The molecule has 0 aliphatic heterocycles. The van der Waals surface area contributed by atoms with Gasteiger partial charge in [0.2, 0.25) is 0 Å². The van der Waals surface area contributed by atoms with Crippen molar-refractivity contribution in [3.05, 3.63) is 46.0 Å². The highest BCUT2D eigenvalue weighted by Gasteiger charge is 2.17. The first-order valence-corrected chi connectivity index (χ1v) is 6.30. The van der Waals surface area contributed by atoms with Gasteiger partial charge in [-0.05, 0) is 12.1 Å². The maximum Gasteiger partial charge on any atom is 0.267 e. The van der Waals surface area contributed by atoms with Crippen molar-refractivity contribution < 1.29 is 8.78 Å². The largest absolute Gasteiger partial charge is 0.385 e. The maximum atomic E-state index is 13.0. The molecule has 2 rings (SSSR count). The number of fused-ring (bicyclic) bond motifs is 1. The molecule has 0 spiro atoms. The molecule has 0 bridgehead atoms. The standard InChI is InChI=1S/C14H14F2N4O/c1-2-11-19-12-8(13(15)16)4-3-5-9(12)14(21)20(11)10(18)6-7-17/h3-7,13,17H,2,18H2,1H3. The second-order valence-corrected chi connectivity index (χ2v) is 4.32. The highest BCUT2D eigenvalue weighted by atomic mass is 19.3. The van der Waals surface area contributed by atoms with Crippen molar-refractivity contribution in [2.45, 2.75) is 19.8 Å². The number of aryl methyl sites for hydroxylation is 1. The fraction of sp³-hybridized carbons (Fsp3) is 0.214. The summed E-state index contributed by atoms with van der Waals surface area (Å²) in [4.78, 5) is 16.6. The van der Waals surface area contributed by atoms with Gasteiger partial charge in [0.05, 0.1) is 10.9 Å². The summed E-state index contributed by atoms with van der Waals surface area (Å²) in [5.74, 6) is 0.305. The van der Waals surface area contributed by atoms with E-state index in [1.54, 1.807) is 6.92 Å². The Hall–Kier alpha value is -2.57. The molecule has 110 valence electrons. The summed E-state index contributed by atoms with van der Waals surface area (Å²) in [6, 6.07) is 4.07. The Kier molecular flexibility index (Phi) is 4.11. The summed E-state index contributed by atoms with van der Waals surface area (Å²) >= 11 is 0. The van der Waals surface area contributed by atoms with Crippen LogP contribution in [0.2, 0.25) is 0 Å². The van der Waals surface area contributed by atoms with Crippen LogP contribution in [0.1, 0.15) is 24.7 Å². The van der Waals surface area contributed by atoms with Gasteiger partial charge in [-0.2, -0.15) is 0 Å². The van der Waals surface area contributed by atoms with Crippen LogP contribution in [0.25, 0.3) is 16.7 Å². The van der Waals surface area contributed by atoms with Gasteiger partial charge in [-0.3, -0.25) is 4.79 Å². The second-order valence-electron chi connectivity index (χ2n) is 4.32. The average molecular weight is 292 g/mol. The molecule has 7 heteroatoms. The highest BCUT2D eigenvalue weighted by molar-refractivity contribution is 5.83. The van der Waals surface area contributed by atoms with Gasteiger partial charge in [-0.1, -0.05) is 19.1 Å². The van der Waals surface area contributed by atoms with E-state index in [1.165, 1.54) is 24.3 Å². The van der Waals surface area contributed by atoms with Crippen LogP contribution >= 0.6 is 0 Å². The topological polar surface area (TPSA) is 84.8 Å². The maximum absolute atomic E-state index is 13.0. The van der Waals surface area contributed by atoms with E-state index in [0.29, 0.717) is 6.42 Å². The van der Waals surface area contributed by atoms with Crippen LogP contribution in [0.5, 0.6) is 0 Å². The molecule has 0 amide bonds. The zero-order valence-corrected chi connectivity index (χ0v) is 11.3. The van der Waals surface area contributed by atoms with Gasteiger partial charge in [-0.15, -0.1) is 0 Å². The van der Waals surface area contributed by atoms with E-state index >= 15 is 0 Å². The number of benzene rings is 1. The van der Waals surface area contributed by atoms with Crippen molar-refractivity contribution in [1.82, 2.24) is 9.55 Å². The van der Waals surface area contributed by atoms with Crippen molar-refractivity contribution in [2.75, 3.05) is 0 Å². The van der Waals surface area contributed by atoms with E-state index in [-0.39, 0.29) is 28.1 Å². The van der Waals surface area contributed by atoms with Crippen molar-refractivity contribution in [1.29, 1.82) is 5.41 Å². The van der Waals surface area contributed by atoms with E-state index < -0.39 is 12.0 Å². The molecule has 2 aromatic rings. The molecule has 0 unspecified atom stereocenters. The molecule has 0 saturated carbocycles. The number of nitrogens with zero attached hydrogens (tertiary/aromatic N) is 2. The number of nitrogens with two attached hydrogens (primary N) is 1. The van der Waals surface area contributed by atoms with Gasteiger partial charge in [0.15, 0.2) is 0 Å². The Bertz CT molecular complexity index is 780. The smallest absolute Gasteiger partial charge is 0.267 e. The lowest BCUT2D eigenvalue weighted by molar-refractivity contribution is 0.153. The zero-order chi connectivity index (χ0) is 15.6. The van der Waals surface area contributed by atoms with E-state index in [4.69, 9.17) is 11.1 Å². The van der Waals surface area contributed by atoms with Crippen molar-refractivity contribution in [2.24, 2.45) is 5.73 Å². The minimum Gasteiger partial charge on any atom is -0.385 e. The summed E-state index contributed by atoms with van der Waals surface area (Å²) in [5.41, 5.74) is 4.95. The van der Waals surface area contributed by atoms with E-state index in [9.17, 15) is 13.6 Å². The van der Waals surface area contributed by atoms with Crippen LogP contribution in [-0.2, 0) is 6.42 Å². The third-order valence-corrected chi connectivity index (χ3v) is 3.06. The van der Waals surface area contributed by atoms with E-state index in [0.717, 1.165) is 10.8 Å². The first kappa shape index (κ1) is 14.8. The second kappa shape index (κ2) is 5.82. The number of para-hydroxylation sites is 1. The highest BCUT2D eigenvalue weighted by Crippen LogP contribution is 2.25. The average Bonchev–Trinajstić information content (AvgIpc) is 2.46. The normalized spacial score (nSPS) is 12.1. The summed E-state index contributed by atoms with van der Waals surface area (Å²) in [7, 11) is 0. The molecule has 0 atom stereocenters. The minimum atomic E-state index is -2.71. The Labute approximate surface area is 119 Å². The first-order valence-electron chi connectivity index (χ1n) is 6.30. The lowest BCUT2D eigenvalue weighted by Crippen LogP contribution is -2.28. The molecule has 0 aliphatic rings. The Morgan fingerprint density at radius 2 is 2.24 bits per heavy atom. The van der Waals surface area contributed by atoms with Crippen LogP contribution < -0.4 is 11.3 Å². The van der Waals surface area contributed by atoms with Gasteiger partial charge in [0.1, 0.15) is 11.6 Å². The lowest BCUT2D eigenvalue weighted by atomic mass is 10.1. The SMILES string of the molecule is CCc1nc2c(C(F)F)cccc2c(=O)n1C(N)=CC=N. The van der Waals surface area contributed by atoms with Crippen molar-refractivity contribution in [3.8, 4) is 0 Å². The number of halogens is 2. The molecular weight excluding hydrogens is 278 g/mol. The molecule has 21 heavy (non-hydrogen) atoms. The fourth-order valence-electron chi connectivity index (χ4n) is 2.11. The van der Waals surface area contributed by atoms with Gasteiger partial charge in [0.25, 0.3) is 12.0 Å². The molecule has 1 aromatic heterocycles. The van der Waals surface area contributed by atoms with E-state index in [2.05, 4.69) is 4.98 Å². The number of hydrogen-bond donors (Lipinski definition) is 2. The van der Waals surface area contributed by atoms with Crippen LogP contribution in [0.4, 0.5) is 8.78 Å². The van der Waals surface area contributed by atoms with Gasteiger partial charge < -0.3 is 11.1 Å². The molecular formula is C14H14F2N4O. The fourth-order valence-corrected chi connectivity index (χ4v) is 2.11. The zero-order valence-electron chi connectivity index (χ0n) is 11.3. The predicted octanol–water partition coefficient (Wildman–Crippen LogP) is 2.30. The molecule has 1 heterocycles. The van der Waals surface area contributed by atoms with Crippen LogP contribution in [0, 0.1) is 5.41 Å². The molecule has 0 fully saturated rings.